The maximum atomic E-state index is 13.8. The summed E-state index contributed by atoms with van der Waals surface area (Å²) in [5, 5.41) is 2.72. The van der Waals surface area contributed by atoms with Gasteiger partial charge in [-0.3, -0.25) is 4.79 Å². The number of hydrogen-bond acceptors (Lipinski definition) is 2. The Balaban J connectivity index is 2.11. The molecule has 20 heavy (non-hydrogen) atoms. The highest BCUT2D eigenvalue weighted by Crippen LogP contribution is 2.12. The Hall–Kier alpha value is -2.20. The third kappa shape index (κ3) is 3.03. The van der Waals surface area contributed by atoms with Crippen LogP contribution in [0.1, 0.15) is 27.0 Å². The van der Waals surface area contributed by atoms with Gasteiger partial charge in [0.2, 0.25) is 0 Å². The topological polar surface area (TPSA) is 55.1 Å². The molecule has 0 spiro atoms. The van der Waals surface area contributed by atoms with E-state index in [4.69, 9.17) is 5.73 Å². The molecule has 0 aliphatic rings. The van der Waals surface area contributed by atoms with E-state index in [-0.39, 0.29) is 5.56 Å². The van der Waals surface area contributed by atoms with Gasteiger partial charge in [-0.2, -0.15) is 0 Å². The van der Waals surface area contributed by atoms with Crippen molar-refractivity contribution in [2.45, 2.75) is 20.0 Å². The minimum absolute atomic E-state index is 0.0650. The minimum Gasteiger partial charge on any atom is -0.348 e. The van der Waals surface area contributed by atoms with E-state index in [9.17, 15) is 9.18 Å². The average Bonchev–Trinajstić information content (AvgIpc) is 2.48. The molecule has 104 valence electrons. The van der Waals surface area contributed by atoms with Crippen LogP contribution in [0.25, 0.3) is 0 Å². The van der Waals surface area contributed by atoms with Crippen LogP contribution in [-0.2, 0) is 13.1 Å². The maximum absolute atomic E-state index is 13.8. The van der Waals surface area contributed by atoms with Gasteiger partial charge in [-0.1, -0.05) is 36.4 Å². The summed E-state index contributed by atoms with van der Waals surface area (Å²) in [6.07, 6.45) is 0. The smallest absolute Gasteiger partial charge is 0.254 e. The van der Waals surface area contributed by atoms with E-state index in [1.54, 1.807) is 19.1 Å². The van der Waals surface area contributed by atoms with Crippen molar-refractivity contribution in [3.8, 4) is 0 Å². The molecule has 0 fully saturated rings. The largest absolute Gasteiger partial charge is 0.348 e. The van der Waals surface area contributed by atoms with Crippen molar-refractivity contribution < 1.29 is 9.18 Å². The van der Waals surface area contributed by atoms with Gasteiger partial charge in [0.05, 0.1) is 5.56 Å². The molecule has 3 nitrogen and oxygen atoms in total. The molecule has 0 radical (unpaired) electrons. The lowest BCUT2D eigenvalue weighted by atomic mass is 10.1. The Kier molecular flexibility index (Phi) is 4.48. The third-order valence-corrected chi connectivity index (χ3v) is 3.21. The summed E-state index contributed by atoms with van der Waals surface area (Å²) in [4.78, 5) is 12.0. The van der Waals surface area contributed by atoms with E-state index < -0.39 is 11.7 Å². The summed E-state index contributed by atoms with van der Waals surface area (Å²) in [6, 6.07) is 12.4. The fourth-order valence-electron chi connectivity index (χ4n) is 2.02. The molecule has 0 saturated heterocycles. The van der Waals surface area contributed by atoms with Gasteiger partial charge >= 0.3 is 0 Å². The van der Waals surface area contributed by atoms with Crippen molar-refractivity contribution in [3.05, 3.63) is 70.5 Å². The van der Waals surface area contributed by atoms with Gasteiger partial charge in [-0.05, 0) is 29.7 Å². The number of benzene rings is 2. The highest BCUT2D eigenvalue weighted by atomic mass is 19.1. The summed E-state index contributed by atoms with van der Waals surface area (Å²) in [5.41, 5.74) is 8.07. The molecule has 0 heterocycles. The normalized spacial score (nSPS) is 10.3. The van der Waals surface area contributed by atoms with Crippen LogP contribution < -0.4 is 11.1 Å². The molecule has 2 rings (SSSR count). The van der Waals surface area contributed by atoms with Crippen LogP contribution in [0.5, 0.6) is 0 Å². The summed E-state index contributed by atoms with van der Waals surface area (Å²) in [7, 11) is 0. The Bertz CT molecular complexity index is 626. The second-order valence-electron chi connectivity index (χ2n) is 4.59. The number of nitrogens with one attached hydrogen (secondary N) is 1. The summed E-state index contributed by atoms with van der Waals surface area (Å²) in [6.45, 7) is 2.38. The highest BCUT2D eigenvalue weighted by Gasteiger charge is 2.13. The predicted molar refractivity (Wildman–Crippen MR) is 76.6 cm³/mol. The number of rotatable bonds is 4. The first-order valence-corrected chi connectivity index (χ1v) is 6.43. The van der Waals surface area contributed by atoms with E-state index in [1.165, 1.54) is 6.07 Å². The molecule has 1 amide bonds. The number of carbonyl (C=O) groups is 1. The maximum Gasteiger partial charge on any atom is 0.254 e. The van der Waals surface area contributed by atoms with Crippen LogP contribution in [0, 0.1) is 12.7 Å². The standard InChI is InChI=1S/C16H17FN2O/c1-11-5-4-8-14(15(11)17)16(20)19-10-13-7-3-2-6-12(13)9-18/h2-8H,9-10,18H2,1H3,(H,19,20). The molecule has 0 aliphatic heterocycles. The van der Waals surface area contributed by atoms with Crippen molar-refractivity contribution in [3.63, 3.8) is 0 Å². The van der Waals surface area contributed by atoms with Crippen molar-refractivity contribution in [1.82, 2.24) is 5.32 Å². The van der Waals surface area contributed by atoms with Crippen LogP contribution in [0.2, 0.25) is 0 Å². The van der Waals surface area contributed by atoms with Crippen LogP contribution in [0.3, 0.4) is 0 Å². The van der Waals surface area contributed by atoms with Gasteiger partial charge in [0.15, 0.2) is 0 Å². The van der Waals surface area contributed by atoms with Crippen molar-refractivity contribution >= 4 is 5.91 Å². The molecule has 4 heteroatoms. The van der Waals surface area contributed by atoms with Crippen LogP contribution in [-0.4, -0.2) is 5.91 Å². The zero-order chi connectivity index (χ0) is 14.5. The lowest BCUT2D eigenvalue weighted by Gasteiger charge is -2.10. The molecule has 0 saturated carbocycles. The Morgan fingerprint density at radius 1 is 1.15 bits per heavy atom. The lowest BCUT2D eigenvalue weighted by Crippen LogP contribution is -2.24. The molecule has 2 aromatic rings. The van der Waals surface area contributed by atoms with E-state index in [2.05, 4.69) is 5.32 Å². The molecule has 2 aromatic carbocycles. The number of carbonyl (C=O) groups excluding carboxylic acids is 1. The highest BCUT2D eigenvalue weighted by molar-refractivity contribution is 5.94. The average molecular weight is 272 g/mol. The van der Waals surface area contributed by atoms with Crippen LogP contribution in [0.15, 0.2) is 42.5 Å². The summed E-state index contributed by atoms with van der Waals surface area (Å²) >= 11 is 0. The fraction of sp³-hybridized carbons (Fsp3) is 0.188. The zero-order valence-electron chi connectivity index (χ0n) is 11.3. The van der Waals surface area contributed by atoms with Gasteiger partial charge in [-0.15, -0.1) is 0 Å². The number of halogens is 1. The van der Waals surface area contributed by atoms with E-state index in [0.717, 1.165) is 11.1 Å². The first-order chi connectivity index (χ1) is 9.63. The molecule has 0 bridgehead atoms. The van der Waals surface area contributed by atoms with E-state index in [0.29, 0.717) is 18.7 Å². The van der Waals surface area contributed by atoms with Crippen molar-refractivity contribution in [1.29, 1.82) is 0 Å². The monoisotopic (exact) mass is 272 g/mol. The van der Waals surface area contributed by atoms with Gasteiger partial charge in [0.1, 0.15) is 5.82 Å². The molecule has 0 aromatic heterocycles. The zero-order valence-corrected chi connectivity index (χ0v) is 11.3. The summed E-state index contributed by atoms with van der Waals surface area (Å²) in [5.74, 6) is -0.893. The lowest BCUT2D eigenvalue weighted by molar-refractivity contribution is 0.0946. The minimum atomic E-state index is -0.475. The van der Waals surface area contributed by atoms with E-state index in [1.807, 2.05) is 24.3 Å². The van der Waals surface area contributed by atoms with Gasteiger partial charge in [0, 0.05) is 13.1 Å². The first-order valence-electron chi connectivity index (χ1n) is 6.43. The van der Waals surface area contributed by atoms with Gasteiger partial charge in [0.25, 0.3) is 5.91 Å². The van der Waals surface area contributed by atoms with Crippen molar-refractivity contribution in [2.24, 2.45) is 5.73 Å². The first kappa shape index (κ1) is 14.2. The van der Waals surface area contributed by atoms with Crippen LogP contribution in [0.4, 0.5) is 4.39 Å². The molecule has 0 atom stereocenters. The summed E-state index contributed by atoms with van der Waals surface area (Å²) < 4.78 is 13.8. The Morgan fingerprint density at radius 2 is 1.85 bits per heavy atom. The molecular formula is C16H17FN2O. The quantitative estimate of drug-likeness (QED) is 0.898. The predicted octanol–water partition coefficient (Wildman–Crippen LogP) is 2.52. The Labute approximate surface area is 117 Å². The van der Waals surface area contributed by atoms with Crippen molar-refractivity contribution in [2.75, 3.05) is 0 Å². The fourth-order valence-corrected chi connectivity index (χ4v) is 2.02. The number of amides is 1. The van der Waals surface area contributed by atoms with Crippen LogP contribution >= 0.6 is 0 Å². The van der Waals surface area contributed by atoms with Gasteiger partial charge < -0.3 is 11.1 Å². The second kappa shape index (κ2) is 6.30. The van der Waals surface area contributed by atoms with Gasteiger partial charge in [-0.25, -0.2) is 4.39 Å². The second-order valence-corrected chi connectivity index (χ2v) is 4.59. The number of nitrogens with two attached hydrogens (primary N) is 1. The Morgan fingerprint density at radius 3 is 2.55 bits per heavy atom. The molecule has 3 N–H and O–H groups in total. The third-order valence-electron chi connectivity index (χ3n) is 3.21. The SMILES string of the molecule is Cc1cccc(C(=O)NCc2ccccc2CN)c1F. The van der Waals surface area contributed by atoms with E-state index >= 15 is 0 Å². The number of hydrogen-bond donors (Lipinski definition) is 2. The molecular weight excluding hydrogens is 255 g/mol. The molecule has 0 aliphatic carbocycles. The molecule has 0 unspecified atom stereocenters. The number of aryl methyl sites for hydroxylation is 1.